The van der Waals surface area contributed by atoms with E-state index in [2.05, 4.69) is 0 Å². The normalized spacial score (nSPS) is 18.3. The fraction of sp³-hybridized carbons (Fsp3) is 0.444. The third-order valence-electron chi connectivity index (χ3n) is 3.16. The summed E-state index contributed by atoms with van der Waals surface area (Å²) in [7, 11) is 0. The van der Waals surface area contributed by atoms with Crippen LogP contribution in [0, 0.1) is 0 Å². The molecule has 0 saturated carbocycles. The minimum Gasteiger partial charge on any atom is -0.459 e. The van der Waals surface area contributed by atoms with Gasteiger partial charge in [0.2, 0.25) is 0 Å². The van der Waals surface area contributed by atoms with E-state index in [4.69, 9.17) is 18.9 Å². The number of esters is 4. The molecule has 3 unspecified atom stereocenters. The maximum absolute atomic E-state index is 11.3. The zero-order valence-electron chi connectivity index (χ0n) is 15.1. The Morgan fingerprint density at radius 2 is 1.65 bits per heavy atom. The van der Waals surface area contributed by atoms with Gasteiger partial charge >= 0.3 is 23.9 Å². The molecule has 3 atom stereocenters. The number of hydrogen-bond acceptors (Lipinski definition) is 8. The number of ether oxygens (including phenoxy) is 4. The first-order valence-corrected chi connectivity index (χ1v) is 7.97. The van der Waals surface area contributed by atoms with Gasteiger partial charge in [0.05, 0.1) is 0 Å². The summed E-state index contributed by atoms with van der Waals surface area (Å²) in [4.78, 5) is 44.7. The largest absolute Gasteiger partial charge is 0.459 e. The van der Waals surface area contributed by atoms with Crippen LogP contribution in [0.15, 0.2) is 36.1 Å². The van der Waals surface area contributed by atoms with E-state index in [-0.39, 0.29) is 6.42 Å². The van der Waals surface area contributed by atoms with E-state index < -0.39 is 42.2 Å². The highest BCUT2D eigenvalue weighted by Crippen LogP contribution is 2.16. The average molecular weight is 366 g/mol. The lowest BCUT2D eigenvalue weighted by Crippen LogP contribution is -2.35. The SMILES string of the molecule is CC(=O)OC(C=CC=C1C=CC(=O)O1)CC(OC(C)=O)C(C)OC(C)=O. The summed E-state index contributed by atoms with van der Waals surface area (Å²) in [6, 6.07) is 0. The van der Waals surface area contributed by atoms with Crippen molar-refractivity contribution in [2.24, 2.45) is 0 Å². The lowest BCUT2D eigenvalue weighted by molar-refractivity contribution is -0.167. The Labute approximate surface area is 151 Å². The van der Waals surface area contributed by atoms with E-state index in [1.165, 1.54) is 39.0 Å². The van der Waals surface area contributed by atoms with Gasteiger partial charge in [0.15, 0.2) is 0 Å². The molecule has 0 radical (unpaired) electrons. The molecule has 0 saturated heterocycles. The van der Waals surface area contributed by atoms with Crippen molar-refractivity contribution in [1.82, 2.24) is 0 Å². The molecule has 26 heavy (non-hydrogen) atoms. The molecule has 0 fully saturated rings. The van der Waals surface area contributed by atoms with E-state index in [0.717, 1.165) is 0 Å². The van der Waals surface area contributed by atoms with Crippen LogP contribution in [0.3, 0.4) is 0 Å². The Kier molecular flexibility index (Phi) is 8.27. The van der Waals surface area contributed by atoms with Crippen molar-refractivity contribution in [2.75, 3.05) is 0 Å². The Bertz CT molecular complexity index is 644. The summed E-state index contributed by atoms with van der Waals surface area (Å²) in [5, 5.41) is 0. The van der Waals surface area contributed by atoms with Gasteiger partial charge in [-0.1, -0.05) is 6.08 Å². The number of carbonyl (C=O) groups excluding carboxylic acids is 4. The molecular formula is C18H22O8. The van der Waals surface area contributed by atoms with E-state index in [9.17, 15) is 19.2 Å². The second kappa shape index (κ2) is 10.2. The van der Waals surface area contributed by atoms with E-state index in [1.807, 2.05) is 0 Å². The van der Waals surface area contributed by atoms with Crippen LogP contribution in [0.5, 0.6) is 0 Å². The van der Waals surface area contributed by atoms with Crippen molar-refractivity contribution in [3.05, 3.63) is 36.1 Å². The van der Waals surface area contributed by atoms with Crippen molar-refractivity contribution in [3.8, 4) is 0 Å². The highest BCUT2D eigenvalue weighted by Gasteiger charge is 2.27. The fourth-order valence-electron chi connectivity index (χ4n) is 2.19. The quantitative estimate of drug-likeness (QED) is 0.472. The average Bonchev–Trinajstić information content (AvgIpc) is 2.90. The number of carbonyl (C=O) groups is 4. The van der Waals surface area contributed by atoms with Crippen LogP contribution in [0.4, 0.5) is 0 Å². The number of cyclic esters (lactones) is 1. The molecule has 0 spiro atoms. The fourth-order valence-corrected chi connectivity index (χ4v) is 2.19. The van der Waals surface area contributed by atoms with Crippen LogP contribution >= 0.6 is 0 Å². The minimum atomic E-state index is -0.803. The minimum absolute atomic E-state index is 0.0862. The Morgan fingerprint density at radius 3 is 2.15 bits per heavy atom. The first-order chi connectivity index (χ1) is 12.2. The maximum atomic E-state index is 11.3. The van der Waals surface area contributed by atoms with Crippen LogP contribution in [-0.4, -0.2) is 42.2 Å². The Morgan fingerprint density at radius 1 is 1.04 bits per heavy atom. The molecule has 0 aromatic heterocycles. The molecule has 0 bridgehead atoms. The second-order valence-electron chi connectivity index (χ2n) is 5.55. The van der Waals surface area contributed by atoms with E-state index in [0.29, 0.717) is 5.76 Å². The number of rotatable bonds is 8. The van der Waals surface area contributed by atoms with Crippen molar-refractivity contribution >= 4 is 23.9 Å². The van der Waals surface area contributed by atoms with Crippen LogP contribution in [0.25, 0.3) is 0 Å². The predicted molar refractivity (Wildman–Crippen MR) is 89.4 cm³/mol. The second-order valence-corrected chi connectivity index (χ2v) is 5.55. The summed E-state index contributed by atoms with van der Waals surface area (Å²) in [5.74, 6) is -1.72. The zero-order valence-corrected chi connectivity index (χ0v) is 15.1. The lowest BCUT2D eigenvalue weighted by Gasteiger charge is -2.26. The molecule has 1 rings (SSSR count). The molecule has 0 aromatic rings. The first-order valence-electron chi connectivity index (χ1n) is 7.97. The van der Waals surface area contributed by atoms with Gasteiger partial charge in [-0.15, -0.1) is 0 Å². The summed E-state index contributed by atoms with van der Waals surface area (Å²) < 4.78 is 20.3. The molecule has 0 N–H and O–H groups in total. The van der Waals surface area contributed by atoms with Crippen molar-refractivity contribution in [3.63, 3.8) is 0 Å². The molecule has 1 aliphatic heterocycles. The monoisotopic (exact) mass is 366 g/mol. The molecule has 0 aromatic carbocycles. The zero-order chi connectivity index (χ0) is 19.7. The molecule has 0 amide bonds. The van der Waals surface area contributed by atoms with Gasteiger partial charge in [-0.3, -0.25) is 14.4 Å². The van der Waals surface area contributed by atoms with Gasteiger partial charge in [0.1, 0.15) is 24.1 Å². The smallest absolute Gasteiger partial charge is 0.336 e. The topological polar surface area (TPSA) is 105 Å². The predicted octanol–water partition coefficient (Wildman–Crippen LogP) is 1.74. The molecule has 0 aliphatic carbocycles. The third-order valence-corrected chi connectivity index (χ3v) is 3.16. The standard InChI is InChI=1S/C18H22O8/c1-11(23-12(2)19)17(25-14(4)21)10-16(24-13(3)20)7-5-6-15-8-9-18(22)26-15/h5-9,11,16-17H,10H2,1-4H3. The van der Waals surface area contributed by atoms with Gasteiger partial charge in [-0.2, -0.15) is 0 Å². The van der Waals surface area contributed by atoms with E-state index in [1.54, 1.807) is 19.1 Å². The van der Waals surface area contributed by atoms with Crippen LogP contribution in [0.1, 0.15) is 34.1 Å². The Hall–Kier alpha value is -2.90. The first kappa shape index (κ1) is 21.1. The molecule has 142 valence electrons. The Balaban J connectivity index is 2.85. The van der Waals surface area contributed by atoms with Gasteiger partial charge in [-0.25, -0.2) is 4.79 Å². The van der Waals surface area contributed by atoms with Crippen LogP contribution in [-0.2, 0) is 38.1 Å². The van der Waals surface area contributed by atoms with Crippen molar-refractivity contribution < 1.29 is 38.1 Å². The third kappa shape index (κ3) is 8.27. The molecule has 8 nitrogen and oxygen atoms in total. The van der Waals surface area contributed by atoms with E-state index >= 15 is 0 Å². The number of hydrogen-bond donors (Lipinski definition) is 0. The summed E-state index contributed by atoms with van der Waals surface area (Å²) in [6.45, 7) is 5.30. The lowest BCUT2D eigenvalue weighted by atomic mass is 10.1. The summed E-state index contributed by atoms with van der Waals surface area (Å²) >= 11 is 0. The molecule has 1 heterocycles. The maximum Gasteiger partial charge on any atom is 0.336 e. The summed E-state index contributed by atoms with van der Waals surface area (Å²) in [6.07, 6.45) is 5.21. The summed E-state index contributed by atoms with van der Waals surface area (Å²) in [5.41, 5.74) is 0. The highest BCUT2D eigenvalue weighted by atomic mass is 16.6. The van der Waals surface area contributed by atoms with Crippen LogP contribution < -0.4 is 0 Å². The van der Waals surface area contributed by atoms with Crippen LogP contribution in [0.2, 0.25) is 0 Å². The van der Waals surface area contributed by atoms with Crippen molar-refractivity contribution in [2.45, 2.75) is 52.4 Å². The number of allylic oxidation sites excluding steroid dienone is 3. The van der Waals surface area contributed by atoms with Gasteiger partial charge in [-0.05, 0) is 25.2 Å². The molecular weight excluding hydrogens is 344 g/mol. The molecule has 8 heteroatoms. The van der Waals surface area contributed by atoms with Gasteiger partial charge < -0.3 is 18.9 Å². The van der Waals surface area contributed by atoms with Gasteiger partial charge in [0.25, 0.3) is 0 Å². The van der Waals surface area contributed by atoms with Crippen molar-refractivity contribution in [1.29, 1.82) is 0 Å². The highest BCUT2D eigenvalue weighted by molar-refractivity contribution is 5.86. The van der Waals surface area contributed by atoms with Gasteiger partial charge in [0, 0.05) is 33.3 Å². The molecule has 1 aliphatic rings.